The normalized spacial score (nSPS) is 11.1. The van der Waals surface area contributed by atoms with Crippen LogP contribution in [0.4, 0.5) is 17.1 Å². The van der Waals surface area contributed by atoms with E-state index >= 15 is 0 Å². The number of sulfonamides is 1. The van der Waals surface area contributed by atoms with Crippen LogP contribution in [0.3, 0.4) is 0 Å². The van der Waals surface area contributed by atoms with Crippen molar-refractivity contribution in [3.05, 3.63) is 71.8 Å². The predicted molar refractivity (Wildman–Crippen MR) is 145 cm³/mol. The minimum absolute atomic E-state index is 0.176. The number of aliphatic hydroxyl groups excluding tert-OH is 1. The molecule has 3 N–H and O–H groups in total. The first-order valence-corrected chi connectivity index (χ1v) is 13.4. The molecule has 0 fully saturated rings. The van der Waals surface area contributed by atoms with Crippen LogP contribution in [0.5, 0.6) is 5.75 Å². The Labute approximate surface area is 220 Å². The molecule has 4 aromatic rings. The lowest BCUT2D eigenvalue weighted by molar-refractivity contribution is 0.0964. The molecule has 0 spiro atoms. The van der Waals surface area contributed by atoms with E-state index in [1.807, 2.05) is 12.1 Å². The summed E-state index contributed by atoms with van der Waals surface area (Å²) in [5.74, 6) is 0.121. The summed E-state index contributed by atoms with van der Waals surface area (Å²) in [6.07, 6.45) is 1.03. The summed E-state index contributed by atoms with van der Waals surface area (Å²) in [7, 11) is -0.842. The molecule has 196 valence electrons. The second-order valence-corrected chi connectivity index (χ2v) is 10.3. The van der Waals surface area contributed by atoms with Crippen molar-refractivity contribution in [2.75, 3.05) is 43.2 Å². The van der Waals surface area contributed by atoms with Crippen molar-refractivity contribution in [3.8, 4) is 23.1 Å². The number of hydrogen-bond acceptors (Lipinski definition) is 8. The first-order chi connectivity index (χ1) is 18.2. The first-order valence-electron chi connectivity index (χ1n) is 11.5. The molecule has 1 amide bonds. The van der Waals surface area contributed by atoms with Crippen molar-refractivity contribution in [1.29, 1.82) is 5.26 Å². The quantitative estimate of drug-likeness (QED) is 0.294. The molecular formula is C27H26N4O6S. The second-order valence-electron chi connectivity index (χ2n) is 8.36. The van der Waals surface area contributed by atoms with Gasteiger partial charge in [0, 0.05) is 35.4 Å². The number of methoxy groups -OCH3 is 1. The minimum Gasteiger partial charge on any atom is -0.495 e. The molecule has 0 atom stereocenters. The number of rotatable bonds is 9. The van der Waals surface area contributed by atoms with E-state index < -0.39 is 16.6 Å². The van der Waals surface area contributed by atoms with E-state index in [-0.39, 0.29) is 35.0 Å². The van der Waals surface area contributed by atoms with Crippen molar-refractivity contribution < 1.29 is 27.5 Å². The van der Waals surface area contributed by atoms with Crippen LogP contribution in [0.1, 0.15) is 15.9 Å². The summed E-state index contributed by atoms with van der Waals surface area (Å²) >= 11 is 0. The van der Waals surface area contributed by atoms with Crippen LogP contribution < -0.4 is 19.7 Å². The Kier molecular flexibility index (Phi) is 7.57. The standard InChI is InChI=1S/C27H26N4O6S/c1-29-27(33)25-21-14-24(36-2)22(31(12-13-32)38(3,34)35)15-23(21)37-26(25)18-6-10-20(11-7-18)30-19-8-4-17(16-28)5-9-19/h4-11,14-15,30,32H,12-13H2,1-3H3,(H,29,33). The van der Waals surface area contributed by atoms with E-state index in [4.69, 9.17) is 14.4 Å². The molecule has 0 unspecified atom stereocenters. The molecule has 3 aromatic carbocycles. The molecule has 0 aliphatic heterocycles. The number of nitriles is 1. The highest BCUT2D eigenvalue weighted by Gasteiger charge is 2.27. The van der Waals surface area contributed by atoms with Crippen LogP contribution in [-0.4, -0.2) is 53.0 Å². The van der Waals surface area contributed by atoms with Crippen molar-refractivity contribution in [2.24, 2.45) is 0 Å². The minimum atomic E-state index is -3.74. The number of amides is 1. The fourth-order valence-electron chi connectivity index (χ4n) is 4.08. The van der Waals surface area contributed by atoms with E-state index in [0.717, 1.165) is 21.9 Å². The van der Waals surface area contributed by atoms with Gasteiger partial charge in [-0.25, -0.2) is 8.42 Å². The molecule has 0 saturated carbocycles. The van der Waals surface area contributed by atoms with Crippen molar-refractivity contribution in [1.82, 2.24) is 5.32 Å². The van der Waals surface area contributed by atoms with Crippen molar-refractivity contribution in [3.63, 3.8) is 0 Å². The maximum atomic E-state index is 12.9. The lowest BCUT2D eigenvalue weighted by Gasteiger charge is -2.23. The zero-order valence-electron chi connectivity index (χ0n) is 21.0. The van der Waals surface area contributed by atoms with Gasteiger partial charge in [0.1, 0.15) is 17.1 Å². The van der Waals surface area contributed by atoms with E-state index in [1.54, 1.807) is 42.5 Å². The molecule has 11 heteroatoms. The maximum absolute atomic E-state index is 12.9. The third-order valence-corrected chi connectivity index (χ3v) is 7.05. The average Bonchev–Trinajstić information content (AvgIpc) is 3.29. The van der Waals surface area contributed by atoms with Crippen molar-refractivity contribution >= 4 is 44.0 Å². The number of nitrogens with zero attached hydrogens (tertiary/aromatic N) is 2. The number of ether oxygens (including phenoxy) is 1. The van der Waals surface area contributed by atoms with Crippen LogP contribution in [0.25, 0.3) is 22.3 Å². The highest BCUT2D eigenvalue weighted by molar-refractivity contribution is 7.92. The lowest BCUT2D eigenvalue weighted by Crippen LogP contribution is -2.32. The van der Waals surface area contributed by atoms with Crippen LogP contribution in [0, 0.1) is 11.3 Å². The number of fused-ring (bicyclic) bond motifs is 1. The van der Waals surface area contributed by atoms with Gasteiger partial charge in [0.25, 0.3) is 5.91 Å². The topological polar surface area (TPSA) is 145 Å². The highest BCUT2D eigenvalue weighted by atomic mass is 32.2. The molecule has 38 heavy (non-hydrogen) atoms. The number of carbonyl (C=O) groups excluding carboxylic acids is 1. The molecule has 0 saturated heterocycles. The Morgan fingerprint density at radius 1 is 1.11 bits per heavy atom. The summed E-state index contributed by atoms with van der Waals surface area (Å²) < 4.78 is 37.4. The summed E-state index contributed by atoms with van der Waals surface area (Å²) in [6, 6.07) is 19.4. The summed E-state index contributed by atoms with van der Waals surface area (Å²) in [4.78, 5) is 12.9. The van der Waals surface area contributed by atoms with Crippen LogP contribution in [0.2, 0.25) is 0 Å². The van der Waals surface area contributed by atoms with Gasteiger partial charge in [-0.2, -0.15) is 5.26 Å². The van der Waals surface area contributed by atoms with Gasteiger partial charge in [-0.3, -0.25) is 9.10 Å². The van der Waals surface area contributed by atoms with Crippen LogP contribution in [-0.2, 0) is 10.0 Å². The van der Waals surface area contributed by atoms with Gasteiger partial charge in [0.05, 0.1) is 49.4 Å². The van der Waals surface area contributed by atoms with E-state index in [1.165, 1.54) is 20.2 Å². The van der Waals surface area contributed by atoms with Crippen molar-refractivity contribution in [2.45, 2.75) is 0 Å². The van der Waals surface area contributed by atoms with Gasteiger partial charge in [0.15, 0.2) is 0 Å². The van der Waals surface area contributed by atoms with Gasteiger partial charge >= 0.3 is 0 Å². The zero-order valence-corrected chi connectivity index (χ0v) is 21.8. The van der Waals surface area contributed by atoms with E-state index in [0.29, 0.717) is 22.3 Å². The third-order valence-electron chi connectivity index (χ3n) is 5.87. The number of carbonyl (C=O) groups is 1. The zero-order chi connectivity index (χ0) is 27.4. The molecule has 0 bridgehead atoms. The van der Waals surface area contributed by atoms with E-state index in [9.17, 15) is 18.3 Å². The Bertz CT molecular complexity index is 1620. The number of nitrogens with one attached hydrogen (secondary N) is 2. The first kappa shape index (κ1) is 26.5. The summed E-state index contributed by atoms with van der Waals surface area (Å²) in [5, 5.41) is 24.7. The molecule has 10 nitrogen and oxygen atoms in total. The molecule has 1 aromatic heterocycles. The van der Waals surface area contributed by atoms with Gasteiger partial charge < -0.3 is 24.9 Å². The Hall–Kier alpha value is -4.53. The summed E-state index contributed by atoms with van der Waals surface area (Å²) in [6.45, 7) is -0.575. The van der Waals surface area contributed by atoms with Crippen LogP contribution in [0.15, 0.2) is 65.1 Å². The van der Waals surface area contributed by atoms with Gasteiger partial charge in [-0.15, -0.1) is 0 Å². The number of benzene rings is 3. The fraction of sp³-hybridized carbons (Fsp3) is 0.185. The second kappa shape index (κ2) is 10.8. The van der Waals surface area contributed by atoms with Gasteiger partial charge in [-0.05, 0) is 54.6 Å². The van der Waals surface area contributed by atoms with E-state index in [2.05, 4.69) is 16.7 Å². The molecule has 0 radical (unpaired) electrons. The maximum Gasteiger partial charge on any atom is 0.255 e. The lowest BCUT2D eigenvalue weighted by atomic mass is 10.0. The fourth-order valence-corrected chi connectivity index (χ4v) is 4.99. The largest absolute Gasteiger partial charge is 0.495 e. The number of furan rings is 1. The molecule has 0 aliphatic carbocycles. The predicted octanol–water partition coefficient (Wildman–Crippen LogP) is 3.84. The number of hydrogen-bond donors (Lipinski definition) is 3. The van der Waals surface area contributed by atoms with Gasteiger partial charge in [-0.1, -0.05) is 0 Å². The highest BCUT2D eigenvalue weighted by Crippen LogP contribution is 2.41. The Balaban J connectivity index is 1.79. The Morgan fingerprint density at radius 2 is 1.74 bits per heavy atom. The number of anilines is 3. The summed E-state index contributed by atoms with van der Waals surface area (Å²) in [5.41, 5.74) is 3.52. The molecule has 1 heterocycles. The molecule has 0 aliphatic rings. The SMILES string of the molecule is CNC(=O)c1c(-c2ccc(Nc3ccc(C#N)cc3)cc2)oc2cc(N(CCO)S(C)(=O)=O)c(OC)cc12. The smallest absolute Gasteiger partial charge is 0.255 e. The van der Waals surface area contributed by atoms with Crippen LogP contribution >= 0.6 is 0 Å². The molecule has 4 rings (SSSR count). The number of aliphatic hydroxyl groups is 1. The third kappa shape index (κ3) is 5.27. The monoisotopic (exact) mass is 534 g/mol. The molecular weight excluding hydrogens is 508 g/mol. The van der Waals surface area contributed by atoms with Gasteiger partial charge in [0.2, 0.25) is 10.0 Å². The average molecular weight is 535 g/mol. The Morgan fingerprint density at radius 3 is 2.26 bits per heavy atom.